The van der Waals surface area contributed by atoms with Gasteiger partial charge in [-0.05, 0) is 45.4 Å². The molecule has 0 aromatic carbocycles. The van der Waals surface area contributed by atoms with Crippen molar-refractivity contribution in [3.8, 4) is 0 Å². The second kappa shape index (κ2) is 6.59. The molecule has 116 valence electrons. The van der Waals surface area contributed by atoms with Gasteiger partial charge in [-0.2, -0.15) is 0 Å². The van der Waals surface area contributed by atoms with Crippen LogP contribution < -0.4 is 5.32 Å². The van der Waals surface area contributed by atoms with Crippen LogP contribution in [0.3, 0.4) is 0 Å². The second-order valence-corrected chi connectivity index (χ2v) is 7.03. The summed E-state index contributed by atoms with van der Waals surface area (Å²) in [5, 5.41) is 2.90. The summed E-state index contributed by atoms with van der Waals surface area (Å²) in [6, 6.07) is -0.548. The highest BCUT2D eigenvalue weighted by molar-refractivity contribution is 5.86. The summed E-state index contributed by atoms with van der Waals surface area (Å²) in [4.78, 5) is 24.5. The molecule has 4 nitrogen and oxygen atoms in total. The van der Waals surface area contributed by atoms with Crippen molar-refractivity contribution >= 4 is 11.9 Å². The van der Waals surface area contributed by atoms with E-state index in [1.54, 1.807) is 0 Å². The summed E-state index contributed by atoms with van der Waals surface area (Å²) in [6.07, 6.45) is 3.06. The fourth-order valence-electron chi connectivity index (χ4n) is 2.13. The fraction of sp³-hybridized carbons (Fsp3) is 0.875. The number of nitrogens with one attached hydrogen (secondary N) is 1. The third-order valence-electron chi connectivity index (χ3n) is 3.91. The van der Waals surface area contributed by atoms with E-state index in [0.29, 0.717) is 5.92 Å². The standard InChI is InChI=1S/C16H29NO3/c1-7-10(2)13(15(19)20-16(4,5)6)17-14(18)11(3)12-8-9-12/h10-13H,7-9H2,1-6H3,(H,17,18)/t10-,11?,13-/m0/s1. The van der Waals surface area contributed by atoms with Crippen LogP contribution in [0.1, 0.15) is 60.8 Å². The van der Waals surface area contributed by atoms with Crippen LogP contribution in [0, 0.1) is 17.8 Å². The van der Waals surface area contributed by atoms with Gasteiger partial charge in [-0.1, -0.05) is 27.2 Å². The molecule has 0 radical (unpaired) electrons. The van der Waals surface area contributed by atoms with Gasteiger partial charge < -0.3 is 10.1 Å². The van der Waals surface area contributed by atoms with E-state index in [-0.39, 0.29) is 23.7 Å². The smallest absolute Gasteiger partial charge is 0.329 e. The molecular weight excluding hydrogens is 254 g/mol. The minimum atomic E-state index is -0.548. The Hall–Kier alpha value is -1.06. The number of rotatable bonds is 6. The first-order chi connectivity index (χ1) is 9.15. The minimum Gasteiger partial charge on any atom is -0.458 e. The number of carbonyl (C=O) groups is 2. The summed E-state index contributed by atoms with van der Waals surface area (Å²) < 4.78 is 5.43. The summed E-state index contributed by atoms with van der Waals surface area (Å²) in [7, 11) is 0. The molecule has 1 fully saturated rings. The van der Waals surface area contributed by atoms with Crippen LogP contribution in [0.4, 0.5) is 0 Å². The van der Waals surface area contributed by atoms with Gasteiger partial charge in [-0.15, -0.1) is 0 Å². The highest BCUT2D eigenvalue weighted by atomic mass is 16.6. The molecule has 0 bridgehead atoms. The molecule has 1 unspecified atom stereocenters. The number of hydrogen-bond acceptors (Lipinski definition) is 3. The summed E-state index contributed by atoms with van der Waals surface area (Å²) >= 11 is 0. The molecule has 1 saturated carbocycles. The van der Waals surface area contributed by atoms with E-state index in [2.05, 4.69) is 5.32 Å². The number of ether oxygens (including phenoxy) is 1. The lowest BCUT2D eigenvalue weighted by atomic mass is 9.97. The number of amides is 1. The quantitative estimate of drug-likeness (QED) is 0.763. The lowest BCUT2D eigenvalue weighted by Gasteiger charge is -2.28. The Morgan fingerprint density at radius 2 is 1.80 bits per heavy atom. The molecular formula is C16H29NO3. The lowest BCUT2D eigenvalue weighted by Crippen LogP contribution is -2.49. The van der Waals surface area contributed by atoms with Gasteiger partial charge in [0, 0.05) is 5.92 Å². The Labute approximate surface area is 122 Å². The van der Waals surface area contributed by atoms with Crippen LogP contribution in [0.25, 0.3) is 0 Å². The molecule has 0 aliphatic heterocycles. The molecule has 1 aliphatic carbocycles. The van der Waals surface area contributed by atoms with Crippen molar-refractivity contribution in [2.45, 2.75) is 72.4 Å². The van der Waals surface area contributed by atoms with Crippen LogP contribution in [0.2, 0.25) is 0 Å². The molecule has 0 aromatic rings. The first-order valence-electron chi connectivity index (χ1n) is 7.69. The highest BCUT2D eigenvalue weighted by Crippen LogP contribution is 2.36. The third kappa shape index (κ3) is 5.14. The molecule has 3 atom stereocenters. The van der Waals surface area contributed by atoms with Crippen molar-refractivity contribution in [1.82, 2.24) is 5.32 Å². The van der Waals surface area contributed by atoms with E-state index in [1.807, 2.05) is 41.5 Å². The van der Waals surface area contributed by atoms with Gasteiger partial charge in [0.15, 0.2) is 0 Å². The summed E-state index contributed by atoms with van der Waals surface area (Å²) in [5.74, 6) is 0.197. The van der Waals surface area contributed by atoms with E-state index < -0.39 is 11.6 Å². The van der Waals surface area contributed by atoms with E-state index in [9.17, 15) is 9.59 Å². The van der Waals surface area contributed by atoms with Crippen molar-refractivity contribution in [2.24, 2.45) is 17.8 Å². The van der Waals surface area contributed by atoms with E-state index in [1.165, 1.54) is 0 Å². The Bertz CT molecular complexity index is 355. The minimum absolute atomic E-state index is 0.0102. The van der Waals surface area contributed by atoms with Gasteiger partial charge in [0.05, 0.1) is 0 Å². The van der Waals surface area contributed by atoms with Crippen molar-refractivity contribution in [2.75, 3.05) is 0 Å². The zero-order valence-electron chi connectivity index (χ0n) is 13.7. The molecule has 20 heavy (non-hydrogen) atoms. The Balaban J connectivity index is 2.68. The van der Waals surface area contributed by atoms with Crippen molar-refractivity contribution in [3.63, 3.8) is 0 Å². The monoisotopic (exact) mass is 283 g/mol. The van der Waals surface area contributed by atoms with Crippen LogP contribution >= 0.6 is 0 Å². The predicted molar refractivity (Wildman–Crippen MR) is 79.1 cm³/mol. The molecule has 1 N–H and O–H groups in total. The van der Waals surface area contributed by atoms with Gasteiger partial charge >= 0.3 is 5.97 Å². The lowest BCUT2D eigenvalue weighted by molar-refractivity contribution is -0.160. The average molecular weight is 283 g/mol. The molecule has 0 heterocycles. The Morgan fingerprint density at radius 3 is 2.20 bits per heavy atom. The number of esters is 1. The molecule has 4 heteroatoms. The number of carbonyl (C=O) groups excluding carboxylic acids is 2. The van der Waals surface area contributed by atoms with Crippen LogP contribution in [-0.4, -0.2) is 23.5 Å². The SMILES string of the molecule is CC[C@H](C)[C@H](NC(=O)C(C)C1CC1)C(=O)OC(C)(C)C. The van der Waals surface area contributed by atoms with Gasteiger partial charge in [0.25, 0.3) is 0 Å². The average Bonchev–Trinajstić information content (AvgIpc) is 3.15. The van der Waals surface area contributed by atoms with Gasteiger partial charge in [-0.25, -0.2) is 4.79 Å². The van der Waals surface area contributed by atoms with Gasteiger partial charge in [0.2, 0.25) is 5.91 Å². The maximum atomic E-state index is 12.3. The largest absolute Gasteiger partial charge is 0.458 e. The molecule has 1 rings (SSSR count). The normalized spacial score (nSPS) is 19.9. The van der Waals surface area contributed by atoms with Crippen molar-refractivity contribution in [3.05, 3.63) is 0 Å². The maximum absolute atomic E-state index is 12.3. The zero-order chi connectivity index (χ0) is 15.5. The topological polar surface area (TPSA) is 55.4 Å². The first-order valence-corrected chi connectivity index (χ1v) is 7.69. The Morgan fingerprint density at radius 1 is 1.25 bits per heavy atom. The second-order valence-electron chi connectivity index (χ2n) is 7.03. The van der Waals surface area contributed by atoms with Crippen molar-refractivity contribution < 1.29 is 14.3 Å². The maximum Gasteiger partial charge on any atom is 0.329 e. The predicted octanol–water partition coefficient (Wildman–Crippen LogP) is 2.91. The summed E-state index contributed by atoms with van der Waals surface area (Å²) in [6.45, 7) is 11.4. The molecule has 1 aliphatic rings. The van der Waals surface area contributed by atoms with Gasteiger partial charge in [-0.3, -0.25) is 4.79 Å². The first kappa shape index (κ1) is 17.0. The van der Waals surface area contributed by atoms with Crippen molar-refractivity contribution in [1.29, 1.82) is 0 Å². The van der Waals surface area contributed by atoms with E-state index in [0.717, 1.165) is 19.3 Å². The van der Waals surface area contributed by atoms with E-state index in [4.69, 9.17) is 4.74 Å². The molecule has 0 spiro atoms. The van der Waals surface area contributed by atoms with Crippen LogP contribution in [0.5, 0.6) is 0 Å². The van der Waals surface area contributed by atoms with Gasteiger partial charge in [0.1, 0.15) is 11.6 Å². The molecule has 1 amide bonds. The highest BCUT2D eigenvalue weighted by Gasteiger charge is 2.36. The van der Waals surface area contributed by atoms with Crippen LogP contribution in [0.15, 0.2) is 0 Å². The third-order valence-corrected chi connectivity index (χ3v) is 3.91. The van der Waals surface area contributed by atoms with Crippen LogP contribution in [-0.2, 0) is 14.3 Å². The number of hydrogen-bond donors (Lipinski definition) is 1. The fourth-order valence-corrected chi connectivity index (χ4v) is 2.13. The summed E-state index contributed by atoms with van der Waals surface area (Å²) in [5.41, 5.74) is -0.532. The molecule has 0 aromatic heterocycles. The van der Waals surface area contributed by atoms with E-state index >= 15 is 0 Å². The molecule has 0 saturated heterocycles. The Kier molecular flexibility index (Phi) is 5.60. The zero-order valence-corrected chi connectivity index (χ0v) is 13.7.